The van der Waals surface area contributed by atoms with Gasteiger partial charge in [0.2, 0.25) is 0 Å². The number of nitrogens with zero attached hydrogens (tertiary/aromatic N) is 4. The van der Waals surface area contributed by atoms with Crippen molar-refractivity contribution in [3.05, 3.63) is 95.3 Å². The average molecular weight is 498 g/mol. The Morgan fingerprint density at radius 2 is 1.77 bits per heavy atom. The van der Waals surface area contributed by atoms with Crippen LogP contribution in [-0.2, 0) is 12.6 Å². The van der Waals surface area contributed by atoms with E-state index in [1.165, 1.54) is 18.5 Å². The lowest BCUT2D eigenvalue weighted by atomic mass is 10.1. The third kappa shape index (κ3) is 8.63. The number of amidine groups is 1. The summed E-state index contributed by atoms with van der Waals surface area (Å²) in [4.78, 5) is 12.3. The van der Waals surface area contributed by atoms with Gasteiger partial charge < -0.3 is 11.1 Å². The highest BCUT2D eigenvalue weighted by Crippen LogP contribution is 2.30. The average Bonchev–Trinajstić information content (AvgIpc) is 2.85. The summed E-state index contributed by atoms with van der Waals surface area (Å²) in [7, 11) is 0. The third-order valence-electron chi connectivity index (χ3n) is 4.58. The molecule has 0 spiro atoms. The predicted octanol–water partition coefficient (Wildman–Crippen LogP) is 4.21. The number of aliphatic imine (C=N–C) groups is 2. The van der Waals surface area contributed by atoms with E-state index >= 15 is 0 Å². The first-order chi connectivity index (χ1) is 16.8. The minimum atomic E-state index is -4.39. The van der Waals surface area contributed by atoms with E-state index in [0.29, 0.717) is 22.9 Å². The first-order valence-electron chi connectivity index (χ1n) is 10.4. The topological polar surface area (TPSA) is 100 Å². The van der Waals surface area contributed by atoms with Crippen LogP contribution in [0.25, 0.3) is 0 Å². The van der Waals surface area contributed by atoms with Crippen LogP contribution in [0.4, 0.5) is 18.9 Å². The fourth-order valence-electron chi connectivity index (χ4n) is 2.76. The van der Waals surface area contributed by atoms with E-state index in [2.05, 4.69) is 30.8 Å². The van der Waals surface area contributed by atoms with E-state index in [-0.39, 0.29) is 5.84 Å². The van der Waals surface area contributed by atoms with E-state index in [1.54, 1.807) is 36.7 Å². The number of hydrogen-bond donors (Lipinski definition) is 3. The van der Waals surface area contributed by atoms with Gasteiger partial charge in [-0.1, -0.05) is 30.3 Å². The summed E-state index contributed by atoms with van der Waals surface area (Å²) in [6.07, 6.45) is 0.902. The molecule has 0 saturated heterocycles. The quantitative estimate of drug-likeness (QED) is 0.187. The highest BCUT2D eigenvalue weighted by Gasteiger charge is 2.29. The lowest BCUT2D eigenvalue weighted by molar-refractivity contribution is -0.137. The summed E-state index contributed by atoms with van der Waals surface area (Å²) < 4.78 is 37.8. The van der Waals surface area contributed by atoms with E-state index < -0.39 is 11.7 Å². The molecule has 0 aliphatic carbocycles. The van der Waals surface area contributed by atoms with Gasteiger partial charge in [0, 0.05) is 30.4 Å². The molecule has 0 aliphatic heterocycles. The normalized spacial score (nSPS) is 12.3. The van der Waals surface area contributed by atoms with Gasteiger partial charge in [-0.3, -0.25) is 10.4 Å². The number of pyridine rings is 1. The van der Waals surface area contributed by atoms with Gasteiger partial charge in [0.05, 0.1) is 17.5 Å². The molecule has 1 aromatic heterocycles. The fourth-order valence-corrected chi connectivity index (χ4v) is 2.92. The first kappa shape index (κ1) is 25.5. The predicted molar refractivity (Wildman–Crippen MR) is 136 cm³/mol. The highest BCUT2D eigenvalue weighted by molar-refractivity contribution is 7.80. The summed E-state index contributed by atoms with van der Waals surface area (Å²) in [6, 6.07) is 17.3. The van der Waals surface area contributed by atoms with Gasteiger partial charge in [0.1, 0.15) is 12.2 Å². The highest BCUT2D eigenvalue weighted by atomic mass is 32.1. The summed E-state index contributed by atoms with van der Waals surface area (Å²) in [6.45, 7) is 0.633. The maximum absolute atomic E-state index is 12.6. The molecule has 35 heavy (non-hydrogen) atoms. The lowest BCUT2D eigenvalue weighted by Crippen LogP contribution is -2.33. The van der Waals surface area contributed by atoms with Crippen LogP contribution >= 0.6 is 12.2 Å². The Morgan fingerprint density at radius 3 is 2.43 bits per heavy atom. The van der Waals surface area contributed by atoms with Crippen LogP contribution in [0.5, 0.6) is 0 Å². The molecule has 4 N–H and O–H groups in total. The van der Waals surface area contributed by atoms with Gasteiger partial charge >= 0.3 is 6.18 Å². The molecule has 0 bridgehead atoms. The molecule has 0 aliphatic rings. The maximum Gasteiger partial charge on any atom is 0.416 e. The van der Waals surface area contributed by atoms with E-state index in [4.69, 9.17) is 18.0 Å². The molecule has 11 heteroatoms. The van der Waals surface area contributed by atoms with E-state index in [9.17, 15) is 13.2 Å². The molecular weight excluding hydrogens is 475 g/mol. The van der Waals surface area contributed by atoms with Crippen molar-refractivity contribution in [3.8, 4) is 0 Å². The van der Waals surface area contributed by atoms with Crippen molar-refractivity contribution in [2.45, 2.75) is 12.6 Å². The molecule has 3 rings (SSSR count). The monoisotopic (exact) mass is 497 g/mol. The van der Waals surface area contributed by atoms with Gasteiger partial charge in [-0.25, -0.2) is 9.98 Å². The first-order valence-corrected chi connectivity index (χ1v) is 10.8. The second-order valence-corrected chi connectivity index (χ2v) is 7.53. The number of benzene rings is 2. The zero-order chi connectivity index (χ0) is 25.1. The standard InChI is InChI=1S/C24H22F3N7S/c25-24(26,27)19-8-10-21(11-9-19)31-16-32-22(28)18-6-4-17(5-7-18)15-33-34-23(35)30-14-12-20-3-1-2-13-29-20/h1-11,13,15-16H,12,14H2,(H2,28,31,32)(H2,30,34,35)/b33-15+. The van der Waals surface area contributed by atoms with Gasteiger partial charge in [-0.15, -0.1) is 0 Å². The van der Waals surface area contributed by atoms with E-state index in [1.807, 2.05) is 18.2 Å². The number of halogens is 3. The smallest absolute Gasteiger partial charge is 0.383 e. The molecule has 0 unspecified atom stereocenters. The summed E-state index contributed by atoms with van der Waals surface area (Å²) >= 11 is 5.19. The van der Waals surface area contributed by atoms with Crippen molar-refractivity contribution in [1.29, 1.82) is 0 Å². The lowest BCUT2D eigenvalue weighted by Gasteiger charge is -2.06. The molecule has 1 heterocycles. The molecule has 2 aromatic carbocycles. The number of nitrogens with two attached hydrogens (primary N) is 1. The van der Waals surface area contributed by atoms with Crippen LogP contribution in [-0.4, -0.2) is 35.0 Å². The minimum absolute atomic E-state index is 0.209. The van der Waals surface area contributed by atoms with Crippen LogP contribution in [0.1, 0.15) is 22.4 Å². The van der Waals surface area contributed by atoms with Crippen LogP contribution in [0, 0.1) is 0 Å². The molecule has 7 nitrogen and oxygen atoms in total. The third-order valence-corrected chi connectivity index (χ3v) is 4.81. The Hall–Kier alpha value is -4.12. The number of thiocarbonyl (C=S) groups is 1. The van der Waals surface area contributed by atoms with Crippen molar-refractivity contribution < 1.29 is 13.2 Å². The minimum Gasteiger partial charge on any atom is -0.383 e. The van der Waals surface area contributed by atoms with Gasteiger partial charge in [0.25, 0.3) is 0 Å². The fraction of sp³-hybridized carbons (Fsp3) is 0.125. The van der Waals surface area contributed by atoms with Crippen LogP contribution in [0.3, 0.4) is 0 Å². The van der Waals surface area contributed by atoms with Crippen LogP contribution < -0.4 is 16.5 Å². The van der Waals surface area contributed by atoms with Crippen molar-refractivity contribution in [3.63, 3.8) is 0 Å². The molecule has 0 radical (unpaired) electrons. The number of rotatable bonds is 8. The Labute approximate surface area is 205 Å². The second kappa shape index (κ2) is 12.4. The van der Waals surface area contributed by atoms with Crippen molar-refractivity contribution in [1.82, 2.24) is 15.7 Å². The van der Waals surface area contributed by atoms with Crippen molar-refractivity contribution in [2.24, 2.45) is 20.8 Å². The Bertz CT molecular complexity index is 1190. The van der Waals surface area contributed by atoms with Crippen LogP contribution in [0.15, 0.2) is 88.0 Å². The van der Waals surface area contributed by atoms with Crippen molar-refractivity contribution >= 4 is 41.4 Å². The van der Waals surface area contributed by atoms with Gasteiger partial charge in [-0.2, -0.15) is 18.3 Å². The molecule has 0 atom stereocenters. The summed E-state index contributed by atoms with van der Waals surface area (Å²) in [5.41, 5.74) is 10.7. The molecule has 0 saturated carbocycles. The second-order valence-electron chi connectivity index (χ2n) is 7.12. The van der Waals surface area contributed by atoms with Crippen LogP contribution in [0.2, 0.25) is 0 Å². The van der Waals surface area contributed by atoms with Gasteiger partial charge in [-0.05, 0) is 54.2 Å². The van der Waals surface area contributed by atoms with Crippen molar-refractivity contribution in [2.75, 3.05) is 6.54 Å². The molecule has 0 amide bonds. The SMILES string of the molecule is NC(=NC=Nc1ccc(C(F)(F)F)cc1)c1ccc(/C=N/NC(=S)NCCc2ccccn2)cc1. The van der Waals surface area contributed by atoms with E-state index in [0.717, 1.165) is 29.8 Å². The largest absolute Gasteiger partial charge is 0.416 e. The zero-order valence-electron chi connectivity index (χ0n) is 18.4. The van der Waals surface area contributed by atoms with Gasteiger partial charge in [0.15, 0.2) is 5.11 Å². The Balaban J connectivity index is 1.45. The molecule has 3 aromatic rings. The maximum atomic E-state index is 12.6. The summed E-state index contributed by atoms with van der Waals surface area (Å²) in [5.74, 6) is 0.209. The molecule has 180 valence electrons. The number of nitrogens with one attached hydrogen (secondary N) is 2. The molecular formula is C24H22F3N7S. The number of aromatic nitrogens is 1. The number of hydrazone groups is 1. The zero-order valence-corrected chi connectivity index (χ0v) is 19.2. The number of hydrogen-bond acceptors (Lipinski definition) is 4. The Morgan fingerprint density at radius 1 is 1.03 bits per heavy atom. The summed E-state index contributed by atoms with van der Waals surface area (Å²) in [5, 5.41) is 7.55. The molecule has 0 fully saturated rings. The Kier molecular flexibility index (Phi) is 9.02. The number of alkyl halides is 3.